The van der Waals surface area contributed by atoms with Gasteiger partial charge in [-0.05, 0) is 37.1 Å². The zero-order valence-electron chi connectivity index (χ0n) is 7.96. The van der Waals surface area contributed by atoms with E-state index in [-0.39, 0.29) is 4.87 Å². The number of aromatic amines is 1. The fourth-order valence-electron chi connectivity index (χ4n) is 1.63. The van der Waals surface area contributed by atoms with Crippen LogP contribution in [-0.4, -0.2) is 11.5 Å². The maximum Gasteiger partial charge on any atom is 0.305 e. The predicted molar refractivity (Wildman–Crippen MR) is 59.9 cm³/mol. The fourth-order valence-corrected chi connectivity index (χ4v) is 2.49. The number of hydrogen-bond acceptors (Lipinski definition) is 3. The van der Waals surface area contributed by atoms with Crippen LogP contribution < -0.4 is 10.6 Å². The van der Waals surface area contributed by atoms with Crippen molar-refractivity contribution in [3.05, 3.63) is 32.9 Å². The lowest BCUT2D eigenvalue weighted by molar-refractivity contribution is 0.977. The minimum absolute atomic E-state index is 0.00358. The first kappa shape index (κ1) is 9.43. The molecule has 0 radical (unpaired) electrons. The van der Waals surface area contributed by atoms with Gasteiger partial charge in [-0.3, -0.25) is 4.79 Å². The van der Waals surface area contributed by atoms with Gasteiger partial charge in [0, 0.05) is 0 Å². The molecule has 1 aromatic carbocycles. The Bertz CT molecular complexity index is 512. The van der Waals surface area contributed by atoms with Crippen LogP contribution in [0.3, 0.4) is 0 Å². The Morgan fingerprint density at radius 2 is 2.29 bits per heavy atom. The van der Waals surface area contributed by atoms with Gasteiger partial charge in [0.25, 0.3) is 0 Å². The lowest BCUT2D eigenvalue weighted by atomic mass is 10.1. The molecule has 2 rings (SSSR count). The number of hydrogen-bond donors (Lipinski definition) is 2. The van der Waals surface area contributed by atoms with Gasteiger partial charge in [0.1, 0.15) is 0 Å². The third kappa shape index (κ3) is 1.58. The van der Waals surface area contributed by atoms with Gasteiger partial charge in [-0.15, -0.1) is 0 Å². The molecule has 0 bridgehead atoms. The molecule has 0 atom stereocenters. The molecule has 0 fully saturated rings. The Labute approximate surface area is 85.6 Å². The standard InChI is InChI=1S/C10H12N2OS/c1-6-4-7(2-3-11)9-8(5-6)12-10(13)14-9/h4-5H,2-3,11H2,1H3,(H,12,13). The van der Waals surface area contributed by atoms with E-state index in [4.69, 9.17) is 5.73 Å². The number of benzene rings is 1. The van der Waals surface area contributed by atoms with Crippen LogP contribution in [-0.2, 0) is 6.42 Å². The first-order valence-electron chi connectivity index (χ1n) is 4.53. The van der Waals surface area contributed by atoms with Crippen molar-refractivity contribution in [1.82, 2.24) is 4.98 Å². The van der Waals surface area contributed by atoms with Gasteiger partial charge < -0.3 is 10.7 Å². The summed E-state index contributed by atoms with van der Waals surface area (Å²) in [5.41, 5.74) is 8.79. The summed E-state index contributed by atoms with van der Waals surface area (Å²) >= 11 is 1.26. The number of rotatable bonds is 2. The summed E-state index contributed by atoms with van der Waals surface area (Å²) in [5, 5.41) is 0. The highest BCUT2D eigenvalue weighted by molar-refractivity contribution is 7.16. The van der Waals surface area contributed by atoms with Crippen LogP contribution in [0.15, 0.2) is 16.9 Å². The summed E-state index contributed by atoms with van der Waals surface area (Å²) in [6, 6.07) is 4.09. The highest BCUT2D eigenvalue weighted by atomic mass is 32.1. The second-order valence-electron chi connectivity index (χ2n) is 3.35. The second kappa shape index (κ2) is 3.55. The molecule has 4 heteroatoms. The van der Waals surface area contributed by atoms with Crippen molar-refractivity contribution in [1.29, 1.82) is 0 Å². The summed E-state index contributed by atoms with van der Waals surface area (Å²) in [6.07, 6.45) is 0.825. The van der Waals surface area contributed by atoms with Gasteiger partial charge >= 0.3 is 4.87 Å². The molecule has 0 unspecified atom stereocenters. The Morgan fingerprint density at radius 3 is 3.00 bits per heavy atom. The quantitative estimate of drug-likeness (QED) is 0.783. The van der Waals surface area contributed by atoms with Crippen molar-refractivity contribution in [3.8, 4) is 0 Å². The summed E-state index contributed by atoms with van der Waals surface area (Å²) in [5.74, 6) is 0. The van der Waals surface area contributed by atoms with E-state index in [0.717, 1.165) is 22.2 Å². The molecular weight excluding hydrogens is 196 g/mol. The summed E-state index contributed by atoms with van der Waals surface area (Å²) in [4.78, 5) is 14.0. The number of H-pyrrole nitrogens is 1. The maximum absolute atomic E-state index is 11.2. The van der Waals surface area contributed by atoms with E-state index in [0.29, 0.717) is 6.54 Å². The maximum atomic E-state index is 11.2. The van der Waals surface area contributed by atoms with Crippen LogP contribution in [0.2, 0.25) is 0 Å². The molecule has 0 aliphatic heterocycles. The molecule has 0 saturated carbocycles. The van der Waals surface area contributed by atoms with Gasteiger partial charge in [0.15, 0.2) is 0 Å². The number of thiazole rings is 1. The van der Waals surface area contributed by atoms with Gasteiger partial charge in [-0.2, -0.15) is 0 Å². The Balaban J connectivity index is 2.72. The molecule has 2 aromatic rings. The largest absolute Gasteiger partial charge is 0.330 e. The summed E-state index contributed by atoms with van der Waals surface area (Å²) < 4.78 is 1.05. The minimum atomic E-state index is 0.00358. The van der Waals surface area contributed by atoms with Crippen molar-refractivity contribution in [2.24, 2.45) is 5.73 Å². The first-order valence-corrected chi connectivity index (χ1v) is 5.35. The number of nitrogens with two attached hydrogens (primary N) is 1. The van der Waals surface area contributed by atoms with E-state index in [2.05, 4.69) is 11.1 Å². The zero-order valence-corrected chi connectivity index (χ0v) is 8.78. The SMILES string of the molecule is Cc1cc(CCN)c2sc(=O)[nH]c2c1. The van der Waals surface area contributed by atoms with Crippen LogP contribution in [0.25, 0.3) is 10.2 Å². The molecule has 0 amide bonds. The highest BCUT2D eigenvalue weighted by Crippen LogP contribution is 2.21. The van der Waals surface area contributed by atoms with E-state index < -0.39 is 0 Å². The molecule has 74 valence electrons. The number of aromatic nitrogens is 1. The monoisotopic (exact) mass is 208 g/mol. The van der Waals surface area contributed by atoms with Crippen LogP contribution in [0.1, 0.15) is 11.1 Å². The van der Waals surface area contributed by atoms with Gasteiger partial charge in [-0.25, -0.2) is 0 Å². The molecule has 0 aliphatic rings. The lowest BCUT2D eigenvalue weighted by Gasteiger charge is -2.01. The smallest absolute Gasteiger partial charge is 0.305 e. The first-order chi connectivity index (χ1) is 6.70. The topological polar surface area (TPSA) is 58.9 Å². The van der Waals surface area contributed by atoms with E-state index in [1.54, 1.807) is 0 Å². The molecule has 0 spiro atoms. The fraction of sp³-hybridized carbons (Fsp3) is 0.300. The highest BCUT2D eigenvalue weighted by Gasteiger charge is 2.05. The van der Waals surface area contributed by atoms with Crippen LogP contribution >= 0.6 is 11.3 Å². The Morgan fingerprint density at radius 1 is 1.50 bits per heavy atom. The van der Waals surface area contributed by atoms with Crippen molar-refractivity contribution < 1.29 is 0 Å². The van der Waals surface area contributed by atoms with E-state index >= 15 is 0 Å². The average molecular weight is 208 g/mol. The molecule has 14 heavy (non-hydrogen) atoms. The molecular formula is C10H12N2OS. The van der Waals surface area contributed by atoms with Crippen molar-refractivity contribution in [2.45, 2.75) is 13.3 Å². The third-order valence-corrected chi connectivity index (χ3v) is 3.13. The Hall–Kier alpha value is -1.13. The van der Waals surface area contributed by atoms with Crippen molar-refractivity contribution in [3.63, 3.8) is 0 Å². The van der Waals surface area contributed by atoms with E-state index in [1.807, 2.05) is 13.0 Å². The predicted octanol–water partition coefficient (Wildman–Crippen LogP) is 1.40. The minimum Gasteiger partial charge on any atom is -0.330 e. The molecule has 0 saturated heterocycles. The Kier molecular flexibility index (Phi) is 2.39. The van der Waals surface area contributed by atoms with Crippen LogP contribution in [0.4, 0.5) is 0 Å². The molecule has 3 N–H and O–H groups in total. The number of fused-ring (bicyclic) bond motifs is 1. The zero-order chi connectivity index (χ0) is 10.1. The second-order valence-corrected chi connectivity index (χ2v) is 4.34. The lowest BCUT2D eigenvalue weighted by Crippen LogP contribution is -2.02. The van der Waals surface area contributed by atoms with Crippen LogP contribution in [0, 0.1) is 6.92 Å². The normalized spacial score (nSPS) is 11.0. The number of nitrogens with one attached hydrogen (secondary N) is 1. The van der Waals surface area contributed by atoms with Gasteiger partial charge in [-0.1, -0.05) is 17.4 Å². The van der Waals surface area contributed by atoms with Crippen molar-refractivity contribution >= 4 is 21.6 Å². The van der Waals surface area contributed by atoms with Crippen molar-refractivity contribution in [2.75, 3.05) is 6.54 Å². The molecule has 3 nitrogen and oxygen atoms in total. The van der Waals surface area contributed by atoms with E-state index in [9.17, 15) is 4.79 Å². The van der Waals surface area contributed by atoms with Gasteiger partial charge in [0.2, 0.25) is 0 Å². The van der Waals surface area contributed by atoms with Crippen LogP contribution in [0.5, 0.6) is 0 Å². The van der Waals surface area contributed by atoms with Gasteiger partial charge in [0.05, 0.1) is 10.2 Å². The summed E-state index contributed by atoms with van der Waals surface area (Å²) in [6.45, 7) is 2.64. The average Bonchev–Trinajstić information content (AvgIpc) is 2.45. The molecule has 1 aromatic heterocycles. The third-order valence-electron chi connectivity index (χ3n) is 2.16. The summed E-state index contributed by atoms with van der Waals surface area (Å²) in [7, 11) is 0. The molecule has 1 heterocycles. The number of aryl methyl sites for hydroxylation is 1. The van der Waals surface area contributed by atoms with E-state index in [1.165, 1.54) is 16.9 Å². The molecule has 0 aliphatic carbocycles.